The van der Waals surface area contributed by atoms with Crippen molar-refractivity contribution in [1.29, 1.82) is 0 Å². The molecule has 1 aromatic rings. The number of ether oxygens (including phenoxy) is 2. The minimum Gasteiger partial charge on any atom is -0.493 e. The van der Waals surface area contributed by atoms with Gasteiger partial charge in [0.05, 0.1) is 14.2 Å². The Morgan fingerprint density at radius 3 is 2.79 bits per heavy atom. The first-order chi connectivity index (χ1) is 6.86. The summed E-state index contributed by atoms with van der Waals surface area (Å²) in [5, 5.41) is 3.35. The third-order valence-corrected chi connectivity index (χ3v) is 2.57. The molecule has 0 bridgehead atoms. The van der Waals surface area contributed by atoms with Gasteiger partial charge in [-0.3, -0.25) is 0 Å². The molecule has 3 heteroatoms. The zero-order chi connectivity index (χ0) is 9.97. The molecule has 14 heavy (non-hydrogen) atoms. The molecule has 0 amide bonds. The number of rotatable bonds is 2. The molecule has 0 aliphatic carbocycles. The lowest BCUT2D eigenvalue weighted by Crippen LogP contribution is -2.12. The van der Waals surface area contributed by atoms with Gasteiger partial charge in [0.2, 0.25) is 0 Å². The quantitative estimate of drug-likeness (QED) is 0.779. The first-order valence-electron chi connectivity index (χ1n) is 4.84. The van der Waals surface area contributed by atoms with Crippen LogP contribution in [-0.2, 0) is 6.42 Å². The minimum atomic E-state index is 0.815. The van der Waals surface area contributed by atoms with E-state index < -0.39 is 0 Å². The highest BCUT2D eigenvalue weighted by Gasteiger charge is 2.16. The van der Waals surface area contributed by atoms with Crippen molar-refractivity contribution in [3.05, 3.63) is 17.7 Å². The highest BCUT2D eigenvalue weighted by atomic mass is 16.5. The number of hydrogen-bond acceptors (Lipinski definition) is 3. The van der Waals surface area contributed by atoms with E-state index in [2.05, 4.69) is 11.4 Å². The Morgan fingerprint density at radius 1 is 1.21 bits per heavy atom. The van der Waals surface area contributed by atoms with Crippen LogP contribution in [0.5, 0.6) is 11.5 Å². The zero-order valence-corrected chi connectivity index (χ0v) is 8.59. The predicted octanol–water partition coefficient (Wildman–Crippen LogP) is 2.06. The van der Waals surface area contributed by atoms with Gasteiger partial charge in [0.25, 0.3) is 0 Å². The molecule has 76 valence electrons. The summed E-state index contributed by atoms with van der Waals surface area (Å²) in [6.45, 7) is 1.04. The van der Waals surface area contributed by atoms with Crippen LogP contribution in [0.1, 0.15) is 12.0 Å². The smallest absolute Gasteiger partial charge is 0.165 e. The van der Waals surface area contributed by atoms with Crippen LogP contribution in [0.15, 0.2) is 12.1 Å². The van der Waals surface area contributed by atoms with Gasteiger partial charge in [0.15, 0.2) is 11.5 Å². The van der Waals surface area contributed by atoms with Crippen LogP contribution < -0.4 is 14.8 Å². The SMILES string of the molecule is COc1ccc2c(c1OC)CCCN2. The molecule has 1 aliphatic rings. The minimum absolute atomic E-state index is 0.815. The van der Waals surface area contributed by atoms with E-state index >= 15 is 0 Å². The maximum Gasteiger partial charge on any atom is 0.165 e. The van der Waals surface area contributed by atoms with E-state index in [0.717, 1.165) is 30.9 Å². The lowest BCUT2D eigenvalue weighted by Gasteiger charge is -2.21. The normalized spacial score (nSPS) is 14.1. The Kier molecular flexibility index (Phi) is 2.48. The summed E-state index contributed by atoms with van der Waals surface area (Å²) < 4.78 is 10.6. The lowest BCUT2D eigenvalue weighted by molar-refractivity contribution is 0.351. The molecular weight excluding hydrogens is 178 g/mol. The molecule has 0 unspecified atom stereocenters. The van der Waals surface area contributed by atoms with Crippen molar-refractivity contribution >= 4 is 5.69 Å². The summed E-state index contributed by atoms with van der Waals surface area (Å²) in [4.78, 5) is 0. The van der Waals surface area contributed by atoms with Crippen molar-refractivity contribution in [1.82, 2.24) is 0 Å². The number of anilines is 1. The lowest BCUT2D eigenvalue weighted by atomic mass is 10.0. The van der Waals surface area contributed by atoms with Crippen LogP contribution in [0.25, 0.3) is 0 Å². The van der Waals surface area contributed by atoms with E-state index in [1.165, 1.54) is 11.3 Å². The van der Waals surface area contributed by atoms with Crippen molar-refractivity contribution in [2.75, 3.05) is 26.1 Å². The van der Waals surface area contributed by atoms with Crippen molar-refractivity contribution in [2.24, 2.45) is 0 Å². The summed E-state index contributed by atoms with van der Waals surface area (Å²) in [7, 11) is 3.35. The van der Waals surface area contributed by atoms with Crippen LogP contribution in [-0.4, -0.2) is 20.8 Å². The van der Waals surface area contributed by atoms with Gasteiger partial charge >= 0.3 is 0 Å². The van der Waals surface area contributed by atoms with Gasteiger partial charge in [0.1, 0.15) is 0 Å². The average Bonchev–Trinajstić information content (AvgIpc) is 2.27. The van der Waals surface area contributed by atoms with Gasteiger partial charge in [-0.15, -0.1) is 0 Å². The Bertz CT molecular complexity index is 321. The molecule has 2 rings (SSSR count). The molecule has 0 saturated heterocycles. The second kappa shape index (κ2) is 3.78. The number of fused-ring (bicyclic) bond motifs is 1. The summed E-state index contributed by atoms with van der Waals surface area (Å²) in [6.07, 6.45) is 2.21. The van der Waals surface area contributed by atoms with E-state index in [1.54, 1.807) is 14.2 Å². The molecule has 1 heterocycles. The molecule has 1 aliphatic heterocycles. The zero-order valence-electron chi connectivity index (χ0n) is 8.59. The Hall–Kier alpha value is -1.38. The fourth-order valence-corrected chi connectivity index (χ4v) is 1.89. The van der Waals surface area contributed by atoms with E-state index in [1.807, 2.05) is 6.07 Å². The second-order valence-corrected chi connectivity index (χ2v) is 3.36. The average molecular weight is 193 g/mol. The maximum absolute atomic E-state index is 5.37. The third-order valence-electron chi connectivity index (χ3n) is 2.57. The molecule has 1 aromatic carbocycles. The molecule has 0 saturated carbocycles. The second-order valence-electron chi connectivity index (χ2n) is 3.36. The summed E-state index contributed by atoms with van der Waals surface area (Å²) in [5.74, 6) is 1.69. The summed E-state index contributed by atoms with van der Waals surface area (Å²) >= 11 is 0. The first-order valence-corrected chi connectivity index (χ1v) is 4.84. The van der Waals surface area contributed by atoms with Gasteiger partial charge in [-0.25, -0.2) is 0 Å². The van der Waals surface area contributed by atoms with Crippen molar-refractivity contribution in [3.63, 3.8) is 0 Å². The predicted molar refractivity (Wildman–Crippen MR) is 56.4 cm³/mol. The molecule has 0 spiro atoms. The highest BCUT2D eigenvalue weighted by Crippen LogP contribution is 2.38. The number of benzene rings is 1. The van der Waals surface area contributed by atoms with Gasteiger partial charge in [-0.2, -0.15) is 0 Å². The van der Waals surface area contributed by atoms with Gasteiger partial charge in [0, 0.05) is 17.8 Å². The number of nitrogens with one attached hydrogen (secondary N) is 1. The fourth-order valence-electron chi connectivity index (χ4n) is 1.89. The van der Waals surface area contributed by atoms with Gasteiger partial charge < -0.3 is 14.8 Å². The van der Waals surface area contributed by atoms with Crippen LogP contribution >= 0.6 is 0 Å². The van der Waals surface area contributed by atoms with Crippen LogP contribution in [0.4, 0.5) is 5.69 Å². The van der Waals surface area contributed by atoms with E-state index in [9.17, 15) is 0 Å². The number of hydrogen-bond donors (Lipinski definition) is 1. The van der Waals surface area contributed by atoms with Crippen LogP contribution in [0.3, 0.4) is 0 Å². The monoisotopic (exact) mass is 193 g/mol. The molecule has 3 nitrogen and oxygen atoms in total. The molecule has 1 N–H and O–H groups in total. The molecule has 0 aromatic heterocycles. The Labute approximate surface area is 84.0 Å². The summed E-state index contributed by atoms with van der Waals surface area (Å²) in [6, 6.07) is 3.99. The van der Waals surface area contributed by atoms with Gasteiger partial charge in [-0.1, -0.05) is 0 Å². The van der Waals surface area contributed by atoms with Crippen molar-refractivity contribution < 1.29 is 9.47 Å². The standard InChI is InChI=1S/C11H15NO2/c1-13-10-6-5-9-8(11(10)14-2)4-3-7-12-9/h5-6,12H,3-4,7H2,1-2H3. The number of methoxy groups -OCH3 is 2. The van der Waals surface area contributed by atoms with E-state index in [4.69, 9.17) is 9.47 Å². The third kappa shape index (κ3) is 1.39. The molecule has 0 atom stereocenters. The Morgan fingerprint density at radius 2 is 2.07 bits per heavy atom. The maximum atomic E-state index is 5.37. The van der Waals surface area contributed by atoms with Crippen molar-refractivity contribution in [2.45, 2.75) is 12.8 Å². The largest absolute Gasteiger partial charge is 0.493 e. The fraction of sp³-hybridized carbons (Fsp3) is 0.455. The van der Waals surface area contributed by atoms with E-state index in [0.29, 0.717) is 0 Å². The van der Waals surface area contributed by atoms with Crippen molar-refractivity contribution in [3.8, 4) is 11.5 Å². The topological polar surface area (TPSA) is 30.5 Å². The highest BCUT2D eigenvalue weighted by molar-refractivity contribution is 5.64. The molecular formula is C11H15NO2. The first kappa shape index (κ1) is 9.19. The molecule has 0 fully saturated rings. The summed E-state index contributed by atoms with van der Waals surface area (Å²) in [5.41, 5.74) is 2.41. The van der Waals surface area contributed by atoms with Crippen LogP contribution in [0, 0.1) is 0 Å². The van der Waals surface area contributed by atoms with E-state index in [-0.39, 0.29) is 0 Å². The molecule has 0 radical (unpaired) electrons. The van der Waals surface area contributed by atoms with Gasteiger partial charge in [-0.05, 0) is 25.0 Å². The Balaban J connectivity index is 2.50. The van der Waals surface area contributed by atoms with Crippen LogP contribution in [0.2, 0.25) is 0 Å².